The molecule has 8 heteroatoms. The van der Waals surface area contributed by atoms with Crippen LogP contribution in [0.15, 0.2) is 60.7 Å². The fourth-order valence-electron chi connectivity index (χ4n) is 3.88. The smallest absolute Gasteiger partial charge is 0.267 e. The van der Waals surface area contributed by atoms with Crippen LogP contribution in [0.5, 0.6) is 23.0 Å². The van der Waals surface area contributed by atoms with E-state index in [2.05, 4.69) is 0 Å². The van der Waals surface area contributed by atoms with Crippen LogP contribution >= 0.6 is 11.6 Å². The number of halogens is 2. The van der Waals surface area contributed by atoms with Gasteiger partial charge in [0, 0.05) is 11.6 Å². The van der Waals surface area contributed by atoms with E-state index < -0.39 is 12.1 Å². The number of ether oxygens (including phenoxy) is 4. The first kappa shape index (κ1) is 22.7. The zero-order valence-electron chi connectivity index (χ0n) is 18.4. The number of carbonyl (C=O) groups excluding carboxylic acids is 1. The Morgan fingerprint density at radius 1 is 0.909 bits per heavy atom. The van der Waals surface area contributed by atoms with Gasteiger partial charge in [0.15, 0.2) is 11.5 Å². The molecular weight excluding hydrogens is 449 g/mol. The van der Waals surface area contributed by atoms with Gasteiger partial charge in [0.25, 0.3) is 5.91 Å². The molecule has 3 aromatic rings. The normalized spacial score (nSPS) is 17.4. The molecule has 0 aromatic heterocycles. The number of hydrogen-bond acceptors (Lipinski definition) is 5. The number of hydrogen-bond donors (Lipinski definition) is 0. The highest BCUT2D eigenvalue weighted by atomic mass is 35.5. The van der Waals surface area contributed by atoms with Gasteiger partial charge >= 0.3 is 0 Å². The summed E-state index contributed by atoms with van der Waals surface area (Å²) >= 11 is 5.97. The van der Waals surface area contributed by atoms with Crippen LogP contribution in [0.3, 0.4) is 0 Å². The van der Waals surface area contributed by atoms with E-state index in [4.69, 9.17) is 30.5 Å². The van der Waals surface area contributed by atoms with Crippen molar-refractivity contribution in [1.29, 1.82) is 0 Å². The van der Waals surface area contributed by atoms with Crippen LogP contribution in [0.25, 0.3) is 0 Å². The topological polar surface area (TPSA) is 57.2 Å². The van der Waals surface area contributed by atoms with Gasteiger partial charge in [0.05, 0.1) is 21.3 Å². The number of β-lactam (4-membered cyclic amide) rings is 1. The van der Waals surface area contributed by atoms with Gasteiger partial charge in [-0.3, -0.25) is 4.79 Å². The van der Waals surface area contributed by atoms with E-state index >= 15 is 0 Å². The Balaban J connectivity index is 1.71. The van der Waals surface area contributed by atoms with Crippen LogP contribution in [0.2, 0.25) is 5.02 Å². The van der Waals surface area contributed by atoms with Crippen molar-refractivity contribution >= 4 is 17.5 Å². The minimum Gasteiger partial charge on any atom is -0.493 e. The van der Waals surface area contributed by atoms with Crippen molar-refractivity contribution in [3.05, 3.63) is 82.6 Å². The predicted molar refractivity (Wildman–Crippen MR) is 122 cm³/mol. The highest BCUT2D eigenvalue weighted by molar-refractivity contribution is 6.30. The Kier molecular flexibility index (Phi) is 6.60. The number of nitrogens with zero attached hydrogens (tertiary/aromatic N) is 1. The molecule has 33 heavy (non-hydrogen) atoms. The van der Waals surface area contributed by atoms with Crippen molar-refractivity contribution in [2.75, 3.05) is 21.3 Å². The molecule has 1 heterocycles. The third kappa shape index (κ3) is 4.54. The number of methoxy groups -OCH3 is 3. The third-order valence-corrected chi connectivity index (χ3v) is 5.77. The Hall–Kier alpha value is -3.45. The van der Waals surface area contributed by atoms with Crippen LogP contribution < -0.4 is 18.9 Å². The van der Waals surface area contributed by atoms with E-state index in [0.29, 0.717) is 34.6 Å². The Morgan fingerprint density at radius 3 is 2.06 bits per heavy atom. The molecule has 1 aliphatic rings. The standard InChI is InChI=1S/C25H23ClFNO5/c1-30-20-12-16(13-21(31-2)23(20)32-3)22-24(33-19-10-6-17(26)7-11-19)25(29)28(22)14-15-4-8-18(27)9-5-15/h4-13,22,24H,14H2,1-3H3. The minimum absolute atomic E-state index is 0.187. The molecule has 1 aliphatic heterocycles. The predicted octanol–water partition coefficient (Wildman–Crippen LogP) is 5.04. The van der Waals surface area contributed by atoms with Crippen LogP contribution in [0, 0.1) is 5.82 Å². The van der Waals surface area contributed by atoms with E-state index in [9.17, 15) is 9.18 Å². The zero-order valence-corrected chi connectivity index (χ0v) is 19.1. The molecule has 1 saturated heterocycles. The van der Waals surface area contributed by atoms with Crippen molar-refractivity contribution in [3.63, 3.8) is 0 Å². The summed E-state index contributed by atoms with van der Waals surface area (Å²) in [5, 5.41) is 0.571. The minimum atomic E-state index is -0.769. The summed E-state index contributed by atoms with van der Waals surface area (Å²) in [5.41, 5.74) is 1.55. The monoisotopic (exact) mass is 471 g/mol. The van der Waals surface area contributed by atoms with Gasteiger partial charge in [-0.1, -0.05) is 23.7 Å². The number of amides is 1. The number of benzene rings is 3. The van der Waals surface area contributed by atoms with E-state index in [0.717, 1.165) is 11.1 Å². The molecule has 0 saturated carbocycles. The van der Waals surface area contributed by atoms with Gasteiger partial charge in [0.1, 0.15) is 17.6 Å². The average molecular weight is 472 g/mol. The number of carbonyl (C=O) groups is 1. The maximum absolute atomic E-state index is 13.4. The number of likely N-dealkylation sites (tertiary alicyclic amines) is 1. The average Bonchev–Trinajstić information content (AvgIpc) is 2.84. The first-order valence-corrected chi connectivity index (χ1v) is 10.6. The van der Waals surface area contributed by atoms with Crippen LogP contribution in [-0.2, 0) is 11.3 Å². The summed E-state index contributed by atoms with van der Waals surface area (Å²) in [6.45, 7) is 0.293. The molecule has 1 fully saturated rings. The molecule has 0 radical (unpaired) electrons. The van der Waals surface area contributed by atoms with Crippen LogP contribution in [0.4, 0.5) is 4.39 Å². The lowest BCUT2D eigenvalue weighted by Gasteiger charge is -2.47. The van der Waals surface area contributed by atoms with Gasteiger partial charge < -0.3 is 23.8 Å². The summed E-state index contributed by atoms with van der Waals surface area (Å²) in [6.07, 6.45) is -0.769. The van der Waals surface area contributed by atoms with E-state index in [1.54, 1.807) is 53.4 Å². The lowest BCUT2D eigenvalue weighted by atomic mass is 9.89. The van der Waals surface area contributed by atoms with Crippen LogP contribution in [-0.4, -0.2) is 38.2 Å². The lowest BCUT2D eigenvalue weighted by molar-refractivity contribution is -0.165. The summed E-state index contributed by atoms with van der Waals surface area (Å²) in [4.78, 5) is 14.8. The molecule has 0 N–H and O–H groups in total. The fraction of sp³-hybridized carbons (Fsp3) is 0.240. The van der Waals surface area contributed by atoms with Gasteiger partial charge in [-0.25, -0.2) is 4.39 Å². The van der Waals surface area contributed by atoms with Crippen molar-refractivity contribution in [1.82, 2.24) is 4.90 Å². The molecule has 2 unspecified atom stereocenters. The van der Waals surface area contributed by atoms with E-state index in [-0.39, 0.29) is 11.7 Å². The molecule has 0 bridgehead atoms. The molecular formula is C25H23ClFNO5. The van der Waals surface area contributed by atoms with Gasteiger partial charge in [-0.15, -0.1) is 0 Å². The summed E-state index contributed by atoms with van der Waals surface area (Å²) < 4.78 is 35.8. The summed E-state index contributed by atoms with van der Waals surface area (Å²) in [5.74, 6) is 1.40. The molecule has 2 atom stereocenters. The van der Waals surface area contributed by atoms with Crippen molar-refractivity contribution in [3.8, 4) is 23.0 Å². The first-order valence-electron chi connectivity index (χ1n) is 10.2. The summed E-state index contributed by atoms with van der Waals surface area (Å²) in [7, 11) is 4.59. The molecule has 0 spiro atoms. The molecule has 1 amide bonds. The van der Waals surface area contributed by atoms with E-state index in [1.165, 1.54) is 33.5 Å². The first-order chi connectivity index (χ1) is 15.9. The van der Waals surface area contributed by atoms with Gasteiger partial charge in [-0.2, -0.15) is 0 Å². The second-order valence-electron chi connectivity index (χ2n) is 7.49. The molecule has 3 aromatic carbocycles. The SMILES string of the molecule is COc1cc(C2C(Oc3ccc(Cl)cc3)C(=O)N2Cc2ccc(F)cc2)cc(OC)c1OC. The maximum Gasteiger partial charge on any atom is 0.267 e. The fourth-order valence-corrected chi connectivity index (χ4v) is 4.01. The van der Waals surface area contributed by atoms with Crippen molar-refractivity contribution < 1.29 is 28.1 Å². The molecule has 4 rings (SSSR count). The molecule has 0 aliphatic carbocycles. The lowest BCUT2D eigenvalue weighted by Crippen LogP contribution is -2.60. The van der Waals surface area contributed by atoms with Crippen LogP contribution in [0.1, 0.15) is 17.2 Å². The van der Waals surface area contributed by atoms with E-state index in [1.807, 2.05) is 0 Å². The van der Waals surface area contributed by atoms with Gasteiger partial charge in [-0.05, 0) is 59.7 Å². The number of rotatable bonds is 8. The summed E-state index contributed by atoms with van der Waals surface area (Å²) in [6, 6.07) is 16.0. The molecule has 6 nitrogen and oxygen atoms in total. The quantitative estimate of drug-likeness (QED) is 0.431. The van der Waals surface area contributed by atoms with Crippen molar-refractivity contribution in [2.45, 2.75) is 18.7 Å². The Labute approximate surface area is 196 Å². The highest BCUT2D eigenvalue weighted by Crippen LogP contribution is 2.45. The maximum atomic E-state index is 13.4. The molecule has 172 valence electrons. The third-order valence-electron chi connectivity index (χ3n) is 5.52. The second kappa shape index (κ2) is 9.58. The zero-order chi connectivity index (χ0) is 23.5. The Bertz CT molecular complexity index is 1050. The largest absolute Gasteiger partial charge is 0.493 e. The van der Waals surface area contributed by atoms with Gasteiger partial charge in [0.2, 0.25) is 11.9 Å². The second-order valence-corrected chi connectivity index (χ2v) is 7.92. The Morgan fingerprint density at radius 2 is 1.52 bits per heavy atom. The highest BCUT2D eigenvalue weighted by Gasteiger charge is 2.50. The van der Waals surface area contributed by atoms with Crippen molar-refractivity contribution in [2.24, 2.45) is 0 Å².